The molecular formula is C15H14N4O2S2. The second-order valence-electron chi connectivity index (χ2n) is 5.37. The van der Waals surface area contributed by atoms with E-state index in [9.17, 15) is 4.79 Å². The quantitative estimate of drug-likeness (QED) is 0.725. The molecule has 1 aliphatic heterocycles. The summed E-state index contributed by atoms with van der Waals surface area (Å²) >= 11 is 3.11. The minimum Gasteiger partial charge on any atom is -0.423 e. The lowest BCUT2D eigenvalue weighted by atomic mass is 10.2. The summed E-state index contributed by atoms with van der Waals surface area (Å²) in [5.74, 6) is 0.968. The molecule has 4 heterocycles. The number of amides is 1. The van der Waals surface area contributed by atoms with E-state index in [1.165, 1.54) is 11.3 Å². The van der Waals surface area contributed by atoms with Crippen LogP contribution < -0.4 is 0 Å². The zero-order chi connectivity index (χ0) is 15.8. The molecule has 1 aliphatic rings. The summed E-state index contributed by atoms with van der Waals surface area (Å²) in [5.41, 5.74) is 1.55. The number of likely N-dealkylation sites (tertiary alicyclic amines) is 1. The summed E-state index contributed by atoms with van der Waals surface area (Å²) in [6.07, 6.45) is 1.77. The number of hydrogen-bond acceptors (Lipinski definition) is 7. The Labute approximate surface area is 140 Å². The highest BCUT2D eigenvalue weighted by Crippen LogP contribution is 2.33. The second kappa shape index (κ2) is 5.86. The lowest BCUT2D eigenvalue weighted by Gasteiger charge is -2.20. The minimum atomic E-state index is -0.144. The summed E-state index contributed by atoms with van der Waals surface area (Å²) in [6, 6.07) is 1.87. The van der Waals surface area contributed by atoms with Gasteiger partial charge in [0.25, 0.3) is 5.91 Å². The minimum absolute atomic E-state index is 0.0684. The van der Waals surface area contributed by atoms with Gasteiger partial charge in [-0.3, -0.25) is 4.79 Å². The van der Waals surface area contributed by atoms with Gasteiger partial charge in [-0.15, -0.1) is 21.5 Å². The van der Waals surface area contributed by atoms with Gasteiger partial charge in [-0.25, -0.2) is 4.98 Å². The average Bonchev–Trinajstić information content (AvgIpc) is 3.31. The fourth-order valence-corrected chi connectivity index (χ4v) is 4.26. The third kappa shape index (κ3) is 2.68. The van der Waals surface area contributed by atoms with Crippen LogP contribution in [0.15, 0.2) is 26.6 Å². The molecule has 1 atom stereocenters. The molecule has 3 aromatic rings. The standard InChI is InChI=1S/C15H14N4O2S2/c1-9-17-18-13(21-9)12-3-2-5-19(12)15(20)11-8-23-14(16-11)10-4-6-22-7-10/h4,6-8,12H,2-3,5H2,1H3/t12-/m1/s1. The Morgan fingerprint density at radius 2 is 2.30 bits per heavy atom. The number of thiazole rings is 1. The van der Waals surface area contributed by atoms with Gasteiger partial charge in [0.05, 0.1) is 0 Å². The molecule has 118 valence electrons. The van der Waals surface area contributed by atoms with Crippen molar-refractivity contribution in [1.82, 2.24) is 20.1 Å². The van der Waals surface area contributed by atoms with Crippen LogP contribution in [0.25, 0.3) is 10.6 Å². The molecule has 4 rings (SSSR count). The number of rotatable bonds is 3. The van der Waals surface area contributed by atoms with Gasteiger partial charge in [0.1, 0.15) is 16.7 Å². The normalized spacial score (nSPS) is 17.8. The molecule has 0 saturated carbocycles. The summed E-state index contributed by atoms with van der Waals surface area (Å²) < 4.78 is 5.52. The van der Waals surface area contributed by atoms with E-state index in [0.717, 1.165) is 23.4 Å². The lowest BCUT2D eigenvalue weighted by Crippen LogP contribution is -2.31. The van der Waals surface area contributed by atoms with E-state index in [1.54, 1.807) is 23.2 Å². The Balaban J connectivity index is 1.58. The van der Waals surface area contributed by atoms with E-state index in [1.807, 2.05) is 22.2 Å². The van der Waals surface area contributed by atoms with Gasteiger partial charge in [0, 0.05) is 29.8 Å². The molecule has 1 fully saturated rings. The zero-order valence-electron chi connectivity index (χ0n) is 12.4. The molecule has 0 aromatic carbocycles. The topological polar surface area (TPSA) is 72.1 Å². The van der Waals surface area contributed by atoms with Crippen LogP contribution in [-0.4, -0.2) is 32.5 Å². The van der Waals surface area contributed by atoms with E-state index in [2.05, 4.69) is 15.2 Å². The molecule has 0 radical (unpaired) electrons. The van der Waals surface area contributed by atoms with Crippen LogP contribution in [-0.2, 0) is 0 Å². The molecule has 0 N–H and O–H groups in total. The van der Waals surface area contributed by atoms with Crippen LogP contribution in [0.3, 0.4) is 0 Å². The summed E-state index contributed by atoms with van der Waals surface area (Å²) in [5, 5.41) is 14.7. The summed E-state index contributed by atoms with van der Waals surface area (Å²) in [7, 11) is 0. The largest absolute Gasteiger partial charge is 0.423 e. The second-order valence-corrected chi connectivity index (χ2v) is 7.00. The Kier molecular flexibility index (Phi) is 3.70. The molecule has 0 unspecified atom stereocenters. The first-order valence-electron chi connectivity index (χ1n) is 7.31. The van der Waals surface area contributed by atoms with Gasteiger partial charge in [-0.2, -0.15) is 11.3 Å². The molecular weight excluding hydrogens is 332 g/mol. The van der Waals surface area contributed by atoms with Gasteiger partial charge >= 0.3 is 0 Å². The van der Waals surface area contributed by atoms with Crippen LogP contribution in [0.5, 0.6) is 0 Å². The highest BCUT2D eigenvalue weighted by Gasteiger charge is 2.35. The highest BCUT2D eigenvalue weighted by atomic mass is 32.1. The first kappa shape index (κ1) is 14.5. The number of nitrogens with zero attached hydrogens (tertiary/aromatic N) is 4. The van der Waals surface area contributed by atoms with Crippen LogP contribution in [0.2, 0.25) is 0 Å². The predicted octanol–water partition coefficient (Wildman–Crippen LogP) is 3.54. The third-order valence-electron chi connectivity index (χ3n) is 3.83. The van der Waals surface area contributed by atoms with Crippen molar-refractivity contribution in [3.63, 3.8) is 0 Å². The van der Waals surface area contributed by atoms with Crippen molar-refractivity contribution in [2.75, 3.05) is 6.54 Å². The number of carbonyl (C=O) groups is 1. The van der Waals surface area contributed by atoms with Gasteiger partial charge in [-0.05, 0) is 24.3 Å². The summed E-state index contributed by atoms with van der Waals surface area (Å²) in [6.45, 7) is 2.45. The Bertz CT molecular complexity index is 824. The van der Waals surface area contributed by atoms with Gasteiger partial charge in [-0.1, -0.05) is 0 Å². The highest BCUT2D eigenvalue weighted by molar-refractivity contribution is 7.14. The number of aryl methyl sites for hydroxylation is 1. The molecule has 0 spiro atoms. The van der Waals surface area contributed by atoms with Gasteiger partial charge < -0.3 is 9.32 Å². The molecule has 1 saturated heterocycles. The van der Waals surface area contributed by atoms with E-state index < -0.39 is 0 Å². The number of thiophene rings is 1. The summed E-state index contributed by atoms with van der Waals surface area (Å²) in [4.78, 5) is 19.1. The van der Waals surface area contributed by atoms with Crippen LogP contribution in [0.1, 0.15) is 41.2 Å². The van der Waals surface area contributed by atoms with Crippen LogP contribution in [0.4, 0.5) is 0 Å². The van der Waals surface area contributed by atoms with Crippen LogP contribution in [0, 0.1) is 6.92 Å². The fraction of sp³-hybridized carbons (Fsp3) is 0.333. The maximum absolute atomic E-state index is 12.8. The van der Waals surface area contributed by atoms with Crippen molar-refractivity contribution in [2.45, 2.75) is 25.8 Å². The van der Waals surface area contributed by atoms with Crippen molar-refractivity contribution < 1.29 is 9.21 Å². The van der Waals surface area contributed by atoms with E-state index in [-0.39, 0.29) is 11.9 Å². The van der Waals surface area contributed by atoms with E-state index in [0.29, 0.717) is 24.0 Å². The number of carbonyl (C=O) groups excluding carboxylic acids is 1. The van der Waals surface area contributed by atoms with E-state index >= 15 is 0 Å². The van der Waals surface area contributed by atoms with Crippen molar-refractivity contribution in [3.8, 4) is 10.6 Å². The third-order valence-corrected chi connectivity index (χ3v) is 5.41. The van der Waals surface area contributed by atoms with Crippen LogP contribution >= 0.6 is 22.7 Å². The van der Waals surface area contributed by atoms with Gasteiger partial charge in [0.2, 0.25) is 11.8 Å². The Morgan fingerprint density at radius 3 is 3.04 bits per heavy atom. The maximum Gasteiger partial charge on any atom is 0.274 e. The van der Waals surface area contributed by atoms with Crippen molar-refractivity contribution in [2.24, 2.45) is 0 Å². The SMILES string of the molecule is Cc1nnc([C@H]2CCCN2C(=O)c2csc(-c3ccsc3)n2)o1. The molecule has 1 amide bonds. The number of hydrogen-bond donors (Lipinski definition) is 0. The molecule has 23 heavy (non-hydrogen) atoms. The Hall–Kier alpha value is -2.06. The molecule has 3 aromatic heterocycles. The van der Waals surface area contributed by atoms with Gasteiger partial charge in [0.15, 0.2) is 0 Å². The monoisotopic (exact) mass is 346 g/mol. The molecule has 8 heteroatoms. The first-order valence-corrected chi connectivity index (χ1v) is 9.13. The van der Waals surface area contributed by atoms with Crippen molar-refractivity contribution in [1.29, 1.82) is 0 Å². The maximum atomic E-state index is 12.8. The van der Waals surface area contributed by atoms with Crippen molar-refractivity contribution >= 4 is 28.6 Å². The predicted molar refractivity (Wildman–Crippen MR) is 87.5 cm³/mol. The average molecular weight is 346 g/mol. The molecule has 6 nitrogen and oxygen atoms in total. The fourth-order valence-electron chi connectivity index (χ4n) is 2.75. The van der Waals surface area contributed by atoms with Crippen molar-refractivity contribution in [3.05, 3.63) is 39.7 Å². The zero-order valence-corrected chi connectivity index (χ0v) is 14.1. The lowest BCUT2D eigenvalue weighted by molar-refractivity contribution is 0.0709. The first-order chi connectivity index (χ1) is 11.2. The smallest absolute Gasteiger partial charge is 0.274 e. The molecule has 0 aliphatic carbocycles. The van der Waals surface area contributed by atoms with E-state index in [4.69, 9.17) is 4.42 Å². The number of aromatic nitrogens is 3. The Morgan fingerprint density at radius 1 is 1.39 bits per heavy atom. The molecule has 0 bridgehead atoms.